The molecule has 3 nitrogen and oxygen atoms in total. The minimum atomic E-state index is 0.583. The molecule has 0 unspecified atom stereocenters. The molecule has 5 heteroatoms. The van der Waals surface area contributed by atoms with Gasteiger partial charge >= 0.3 is 0 Å². The van der Waals surface area contributed by atoms with E-state index in [0.717, 1.165) is 15.8 Å². The van der Waals surface area contributed by atoms with Gasteiger partial charge in [-0.15, -0.1) is 0 Å². The maximum absolute atomic E-state index is 6.06. The molecule has 0 heterocycles. The fourth-order valence-electron chi connectivity index (χ4n) is 1.66. The van der Waals surface area contributed by atoms with Crippen LogP contribution in [0.5, 0.6) is 5.75 Å². The van der Waals surface area contributed by atoms with E-state index in [9.17, 15) is 0 Å². The lowest BCUT2D eigenvalue weighted by atomic mass is 10.2. The van der Waals surface area contributed by atoms with Gasteiger partial charge in [0.1, 0.15) is 5.75 Å². The van der Waals surface area contributed by atoms with Gasteiger partial charge in [0.05, 0.1) is 23.0 Å². The molecule has 100 valence electrons. The third kappa shape index (κ3) is 3.33. The number of nitrogens with two attached hydrogens (primary N) is 1. The van der Waals surface area contributed by atoms with Crippen LogP contribution in [0.4, 0.5) is 17.1 Å². The van der Waals surface area contributed by atoms with Crippen LogP contribution in [0.1, 0.15) is 6.92 Å². The van der Waals surface area contributed by atoms with Gasteiger partial charge < -0.3 is 15.8 Å². The topological polar surface area (TPSA) is 47.3 Å². The first-order chi connectivity index (χ1) is 9.11. The van der Waals surface area contributed by atoms with E-state index < -0.39 is 0 Å². The highest BCUT2D eigenvalue weighted by Gasteiger charge is 2.06. The van der Waals surface area contributed by atoms with Gasteiger partial charge in [-0.3, -0.25) is 0 Å². The Morgan fingerprint density at radius 1 is 1.32 bits per heavy atom. The number of benzene rings is 2. The minimum absolute atomic E-state index is 0.583. The summed E-state index contributed by atoms with van der Waals surface area (Å²) in [5.74, 6) is 0.681. The summed E-state index contributed by atoms with van der Waals surface area (Å²) in [4.78, 5) is 0. The van der Waals surface area contributed by atoms with Crippen molar-refractivity contribution < 1.29 is 4.74 Å². The highest BCUT2D eigenvalue weighted by Crippen LogP contribution is 2.33. The smallest absolute Gasteiger partial charge is 0.144 e. The summed E-state index contributed by atoms with van der Waals surface area (Å²) in [6, 6.07) is 11.3. The summed E-state index contributed by atoms with van der Waals surface area (Å²) < 4.78 is 6.29. The van der Waals surface area contributed by atoms with E-state index in [-0.39, 0.29) is 0 Å². The first kappa shape index (κ1) is 14.0. The number of hydrogen-bond donors (Lipinski definition) is 2. The summed E-state index contributed by atoms with van der Waals surface area (Å²) in [7, 11) is 0. The quantitative estimate of drug-likeness (QED) is 0.783. The number of para-hydroxylation sites is 1. The van der Waals surface area contributed by atoms with Gasteiger partial charge in [0, 0.05) is 10.2 Å². The van der Waals surface area contributed by atoms with Crippen LogP contribution < -0.4 is 15.8 Å². The molecule has 0 fully saturated rings. The fourth-order valence-corrected chi connectivity index (χ4v) is 2.16. The van der Waals surface area contributed by atoms with Crippen LogP contribution in [0.3, 0.4) is 0 Å². The van der Waals surface area contributed by atoms with Gasteiger partial charge in [-0.1, -0.05) is 17.7 Å². The molecule has 0 aliphatic rings. The Bertz CT molecular complexity index is 590. The second-order valence-electron chi connectivity index (χ2n) is 3.90. The molecule has 0 saturated carbocycles. The number of nitrogens with one attached hydrogen (secondary N) is 1. The minimum Gasteiger partial charge on any atom is -0.492 e. The molecule has 0 spiro atoms. The number of rotatable bonds is 4. The van der Waals surface area contributed by atoms with Gasteiger partial charge in [-0.25, -0.2) is 0 Å². The van der Waals surface area contributed by atoms with Gasteiger partial charge in [-0.2, -0.15) is 0 Å². The SMILES string of the molecule is CCOc1cccc(Nc2ccc(Cl)c(Br)c2)c1N. The summed E-state index contributed by atoms with van der Waals surface area (Å²) >= 11 is 9.35. The number of hydrogen-bond acceptors (Lipinski definition) is 3. The van der Waals surface area contributed by atoms with Crippen LogP contribution in [0.2, 0.25) is 5.02 Å². The largest absolute Gasteiger partial charge is 0.492 e. The van der Waals surface area contributed by atoms with Crippen molar-refractivity contribution >= 4 is 44.6 Å². The third-order valence-corrected chi connectivity index (χ3v) is 3.78. The molecule has 0 bridgehead atoms. The van der Waals surface area contributed by atoms with Crippen LogP contribution in [0.15, 0.2) is 40.9 Å². The molecule has 0 aromatic heterocycles. The Kier molecular flexibility index (Phi) is 4.56. The summed E-state index contributed by atoms with van der Waals surface area (Å²) in [6.07, 6.45) is 0. The van der Waals surface area contributed by atoms with E-state index in [1.165, 1.54) is 0 Å². The van der Waals surface area contributed by atoms with Crippen molar-refractivity contribution in [3.63, 3.8) is 0 Å². The van der Waals surface area contributed by atoms with Crippen molar-refractivity contribution in [2.45, 2.75) is 6.92 Å². The van der Waals surface area contributed by atoms with Crippen molar-refractivity contribution in [1.29, 1.82) is 0 Å². The molecule has 19 heavy (non-hydrogen) atoms. The number of anilines is 3. The Labute approximate surface area is 125 Å². The van der Waals surface area contributed by atoms with Gasteiger partial charge in [0.15, 0.2) is 0 Å². The zero-order valence-electron chi connectivity index (χ0n) is 10.4. The first-order valence-electron chi connectivity index (χ1n) is 5.85. The Morgan fingerprint density at radius 2 is 2.11 bits per heavy atom. The molecule has 0 saturated heterocycles. The molecule has 0 aliphatic heterocycles. The molecule has 3 N–H and O–H groups in total. The van der Waals surface area contributed by atoms with Crippen LogP contribution in [-0.2, 0) is 0 Å². The van der Waals surface area contributed by atoms with Gasteiger partial charge in [0.2, 0.25) is 0 Å². The van der Waals surface area contributed by atoms with E-state index >= 15 is 0 Å². The molecule has 2 aromatic rings. The van der Waals surface area contributed by atoms with Crippen LogP contribution in [0.25, 0.3) is 0 Å². The second kappa shape index (κ2) is 6.17. The standard InChI is InChI=1S/C14H14BrClN2O/c1-2-19-13-5-3-4-12(14(13)17)18-9-6-7-11(16)10(15)8-9/h3-8,18H,2,17H2,1H3. The number of ether oxygens (including phenoxy) is 1. The maximum atomic E-state index is 6.06. The second-order valence-corrected chi connectivity index (χ2v) is 5.17. The molecule has 2 aromatic carbocycles. The van der Waals surface area contributed by atoms with Crippen molar-refractivity contribution in [3.05, 3.63) is 45.9 Å². The van der Waals surface area contributed by atoms with E-state index in [0.29, 0.717) is 23.1 Å². The number of nitrogen functional groups attached to an aromatic ring is 1. The van der Waals surface area contributed by atoms with E-state index in [4.69, 9.17) is 22.1 Å². The number of halogens is 2. The predicted octanol–water partition coefficient (Wildman–Crippen LogP) is 4.83. The zero-order chi connectivity index (χ0) is 13.8. The lowest BCUT2D eigenvalue weighted by Crippen LogP contribution is -2.01. The lowest BCUT2D eigenvalue weighted by molar-refractivity contribution is 0.342. The monoisotopic (exact) mass is 340 g/mol. The van der Waals surface area contributed by atoms with E-state index in [1.807, 2.05) is 43.3 Å². The van der Waals surface area contributed by atoms with E-state index in [1.54, 1.807) is 0 Å². The Balaban J connectivity index is 2.27. The Morgan fingerprint density at radius 3 is 2.79 bits per heavy atom. The predicted molar refractivity (Wildman–Crippen MR) is 84.5 cm³/mol. The normalized spacial score (nSPS) is 10.3. The summed E-state index contributed by atoms with van der Waals surface area (Å²) in [6.45, 7) is 2.51. The molecule has 2 rings (SSSR count). The van der Waals surface area contributed by atoms with Gasteiger partial charge in [0.25, 0.3) is 0 Å². The van der Waals surface area contributed by atoms with Crippen molar-refractivity contribution in [3.8, 4) is 5.75 Å². The summed E-state index contributed by atoms with van der Waals surface area (Å²) in [5, 5.41) is 3.91. The van der Waals surface area contributed by atoms with Crippen LogP contribution in [-0.4, -0.2) is 6.61 Å². The van der Waals surface area contributed by atoms with Crippen molar-refractivity contribution in [2.24, 2.45) is 0 Å². The highest BCUT2D eigenvalue weighted by molar-refractivity contribution is 9.10. The lowest BCUT2D eigenvalue weighted by Gasteiger charge is -2.13. The molecular formula is C14H14BrClN2O. The molecule has 0 atom stereocenters. The zero-order valence-corrected chi connectivity index (χ0v) is 12.8. The van der Waals surface area contributed by atoms with Crippen LogP contribution >= 0.6 is 27.5 Å². The van der Waals surface area contributed by atoms with Gasteiger partial charge in [-0.05, 0) is 53.2 Å². The highest BCUT2D eigenvalue weighted by atomic mass is 79.9. The molecule has 0 amide bonds. The molecule has 0 radical (unpaired) electrons. The van der Waals surface area contributed by atoms with Crippen molar-refractivity contribution in [2.75, 3.05) is 17.7 Å². The van der Waals surface area contributed by atoms with Crippen LogP contribution in [0, 0.1) is 0 Å². The molecular weight excluding hydrogens is 328 g/mol. The van der Waals surface area contributed by atoms with E-state index in [2.05, 4.69) is 21.2 Å². The Hall–Kier alpha value is -1.39. The molecule has 0 aliphatic carbocycles. The fraction of sp³-hybridized carbons (Fsp3) is 0.143. The summed E-state index contributed by atoms with van der Waals surface area (Å²) in [5.41, 5.74) is 8.36. The maximum Gasteiger partial charge on any atom is 0.144 e. The van der Waals surface area contributed by atoms with Crippen molar-refractivity contribution in [1.82, 2.24) is 0 Å². The first-order valence-corrected chi connectivity index (χ1v) is 7.02. The third-order valence-electron chi connectivity index (χ3n) is 2.56. The average molecular weight is 342 g/mol. The average Bonchev–Trinajstić information content (AvgIpc) is 2.39.